The summed E-state index contributed by atoms with van der Waals surface area (Å²) in [5, 5.41) is 60.0. The molecule has 728 valence electrons. The summed E-state index contributed by atoms with van der Waals surface area (Å²) < 4.78 is 120. The number of aliphatic hydroxyl groups excluding tert-OH is 4. The number of ether oxygens (including phenoxy) is 5. The Balaban J connectivity index is 0.000000259. The van der Waals surface area contributed by atoms with E-state index in [2.05, 4.69) is 34.9 Å². The van der Waals surface area contributed by atoms with Gasteiger partial charge in [-0.3, -0.25) is 51.6 Å². The first-order valence-corrected chi connectivity index (χ1v) is 53.0. The molecule has 0 fully saturated rings. The van der Waals surface area contributed by atoms with E-state index in [0.717, 1.165) is 82.4 Å². The monoisotopic (exact) mass is 1950 g/mol. The van der Waals surface area contributed by atoms with Crippen LogP contribution in [-0.2, 0) is 75.3 Å². The first-order valence-electron chi connectivity index (χ1n) is 44.0. The largest absolute Gasteiger partial charge is 0.468 e. The molecule has 10 aromatic carbocycles. The van der Waals surface area contributed by atoms with Crippen LogP contribution in [0.25, 0.3) is 53.9 Å². The van der Waals surface area contributed by atoms with Crippen LogP contribution in [0.15, 0.2) is 271 Å². The molecular weight excluding hydrogens is 1830 g/mol. The second-order valence-corrected chi connectivity index (χ2v) is 43.0. The van der Waals surface area contributed by atoms with Gasteiger partial charge in [0.05, 0.1) is 90.3 Å². The van der Waals surface area contributed by atoms with Crippen molar-refractivity contribution in [3.05, 3.63) is 271 Å². The molecule has 9 N–H and O–H groups in total. The summed E-state index contributed by atoms with van der Waals surface area (Å²) in [6, 6.07) is 66.2. The summed E-state index contributed by atoms with van der Waals surface area (Å²) in [6.45, 7) is 16.6. The van der Waals surface area contributed by atoms with E-state index in [1.54, 1.807) is 118 Å². The van der Waals surface area contributed by atoms with Gasteiger partial charge < -0.3 is 66.7 Å². The number of allylic oxidation sites excluding steroid dienone is 6. The number of carbonyl (C=O) groups excluding carboxylic acids is 6. The summed E-state index contributed by atoms with van der Waals surface area (Å²) in [7, 11) is -14.3. The van der Waals surface area contributed by atoms with Gasteiger partial charge in [-0.2, -0.15) is 0 Å². The van der Waals surface area contributed by atoms with Gasteiger partial charge in [-0.15, -0.1) is 0 Å². The van der Waals surface area contributed by atoms with E-state index in [0.29, 0.717) is 66.4 Å². The van der Waals surface area contributed by atoms with Crippen LogP contribution in [0.2, 0.25) is 0 Å². The van der Waals surface area contributed by atoms with Gasteiger partial charge in [0, 0.05) is 5.39 Å². The number of aliphatic hydroxyl groups is 4. The lowest BCUT2D eigenvalue weighted by atomic mass is 10.1. The van der Waals surface area contributed by atoms with E-state index < -0.39 is 67.4 Å². The Morgan fingerprint density at radius 1 is 0.326 bits per heavy atom. The van der Waals surface area contributed by atoms with Crippen LogP contribution in [0, 0.1) is 0 Å². The topological polar surface area (TPSA) is 421 Å². The maximum atomic E-state index is 13.5. The second-order valence-electron chi connectivity index (χ2n) is 31.5. The van der Waals surface area contributed by atoms with Gasteiger partial charge >= 0.3 is 67.4 Å². The van der Waals surface area contributed by atoms with Crippen LogP contribution in [0.3, 0.4) is 0 Å². The van der Waals surface area contributed by atoms with Gasteiger partial charge in [0.25, 0.3) is 0 Å². The molecule has 0 bridgehead atoms. The van der Waals surface area contributed by atoms with E-state index in [4.69, 9.17) is 57.3 Å². The third kappa shape index (κ3) is 42.9. The minimum atomic E-state index is -3.39. The molecule has 0 spiro atoms. The number of esters is 5. The zero-order chi connectivity index (χ0) is 98.8. The van der Waals surface area contributed by atoms with E-state index >= 15 is 0 Å². The molecule has 135 heavy (non-hydrogen) atoms. The number of methoxy groups -OCH3 is 2. The Labute approximate surface area is 790 Å². The molecule has 0 aliphatic heterocycles. The average molecular weight is 1960 g/mol. The van der Waals surface area contributed by atoms with Crippen LogP contribution in [0.1, 0.15) is 101 Å². The molecule has 10 aromatic rings. The number of hydrogen-bond acceptors (Lipinski definition) is 25. The maximum absolute atomic E-state index is 13.5. The fourth-order valence-corrected chi connectivity index (χ4v) is 20.4. The molecule has 0 heterocycles. The molecule has 0 amide bonds. The summed E-state index contributed by atoms with van der Waals surface area (Å²) >= 11 is 0. The molecule has 30 nitrogen and oxygen atoms in total. The van der Waals surface area contributed by atoms with Crippen LogP contribution >= 0.6 is 37.6 Å². The van der Waals surface area contributed by atoms with Crippen molar-refractivity contribution in [3.63, 3.8) is 0 Å². The first kappa shape index (κ1) is 113. The number of fused-ring (bicyclic) bond motifs is 5. The lowest BCUT2D eigenvalue weighted by Crippen LogP contribution is -2.27. The smallest absolute Gasteiger partial charge is 0.320 e. The predicted octanol–water partition coefficient (Wildman–Crippen LogP) is 19.7. The van der Waals surface area contributed by atoms with Crippen molar-refractivity contribution in [2.24, 2.45) is 0 Å². The van der Waals surface area contributed by atoms with Gasteiger partial charge in [-0.05, 0) is 210 Å². The van der Waals surface area contributed by atoms with Crippen LogP contribution in [0.4, 0.5) is 0 Å². The van der Waals surface area contributed by atoms with Crippen molar-refractivity contribution in [2.45, 2.75) is 114 Å². The molecule has 0 aliphatic carbocycles. The fraction of sp³-hybridized carbons (Fsp3) is 0.340. The highest BCUT2D eigenvalue weighted by atomic mass is 31.2. The normalized spacial score (nSPS) is 14.0. The van der Waals surface area contributed by atoms with Gasteiger partial charge in [0.15, 0.2) is 0 Å². The SMILES string of the molecule is C/C(=C\CCP(=O)(NCC(=O)OC(C)C)Oc1ccc2ccccc2c1)CO.C/C(=C\CCP(=O)(NCC(=O)OC(C)C)Oc1cccc2ccccc12)CO.CCOC(=O)CNP(=O)(CC/C=C(\C)CO)Oc1ccc2ccccc2c1.COC(=O)CNP(=O)(CC/C=C(\C)C=O)Oc1ccc2ccccc2c1.COC(=O)CNP(=O)(CC/C=C(\C)CO)Oc1ccc2ccccc2c1. The molecular formula is C100H128N5O25P5. The van der Waals surface area contributed by atoms with Gasteiger partial charge in [0.1, 0.15) is 67.8 Å². The summed E-state index contributed by atoms with van der Waals surface area (Å²) in [5.41, 5.74) is 3.70. The standard InChI is InChI=1S/2C21H28NO5P.C20H26NO5P.C19H24NO5P.C19H22NO5P/c1-16(2)26-21(24)14-22-28(25,13-7-8-17(3)15-23)27-20-12-6-10-18-9-4-5-11-19(18)20;1-16(2)26-21(24)14-22-28(25,12-6-7-17(3)15-23)27-20-11-10-18-8-4-5-9-19(18)13-20;1-3-25-20(23)14-21-27(24,12-6-7-16(2)15-22)26-19-11-10-17-8-4-5-9-18(17)13-19;2*1-15(14-21)6-5-11-26(23,20-13-19(22)24-2)25-18-10-9-16-7-3-4-8-17(16)12-18/h4-6,8-12,16,23H,7,13-15H2,1-3H3,(H,22,25);4-5,7-11,13,16,23H,6,12,14-15H2,1-3H3,(H,22,25);4-5,7-11,13,22H,3,6,12,14-15H2,1-2H3,(H,21,24);3-4,6-10,12,21H,5,11,13-14H2,1-2H3,(H,20,23);3-4,6-10,12,14H,5,11,13H2,1-2H3,(H,20,23)/b17-8+;17-7+;16-7+;2*15-6+. The van der Waals surface area contributed by atoms with E-state index in [1.165, 1.54) is 14.2 Å². The minimum absolute atomic E-state index is 0.0495. The van der Waals surface area contributed by atoms with Crippen molar-refractivity contribution in [1.29, 1.82) is 0 Å². The average Bonchev–Trinajstić information content (AvgIpc) is 0.802. The van der Waals surface area contributed by atoms with Crippen LogP contribution in [-0.4, -0.2) is 180 Å². The Morgan fingerprint density at radius 3 is 0.867 bits per heavy atom. The molecule has 0 aromatic heterocycles. The van der Waals surface area contributed by atoms with Gasteiger partial charge in [-0.25, -0.2) is 25.4 Å². The molecule has 0 aliphatic rings. The molecule has 0 saturated carbocycles. The Hall–Kier alpha value is -11.0. The molecule has 35 heteroatoms. The number of benzene rings is 10. The van der Waals surface area contributed by atoms with Crippen molar-refractivity contribution >= 4 is 128 Å². The molecule has 10 rings (SSSR count). The number of rotatable bonds is 48. The molecule has 0 saturated heterocycles. The highest BCUT2D eigenvalue weighted by Crippen LogP contribution is 2.50. The first-order chi connectivity index (χ1) is 64.5. The van der Waals surface area contributed by atoms with E-state index in [-0.39, 0.29) is 109 Å². The third-order valence-corrected chi connectivity index (χ3v) is 29.4. The number of carbonyl (C=O) groups is 6. The Bertz CT molecular complexity index is 5950. The van der Waals surface area contributed by atoms with Crippen molar-refractivity contribution in [1.82, 2.24) is 25.4 Å². The summed E-state index contributed by atoms with van der Waals surface area (Å²) in [5.74, 6) is -0.172. The summed E-state index contributed by atoms with van der Waals surface area (Å²) in [4.78, 5) is 68.9. The van der Waals surface area contributed by atoms with E-state index in [9.17, 15) is 51.6 Å². The molecule has 5 atom stereocenters. The van der Waals surface area contributed by atoms with Crippen LogP contribution < -0.4 is 48.1 Å². The highest BCUT2D eigenvalue weighted by Gasteiger charge is 2.31. The minimum Gasteiger partial charge on any atom is -0.468 e. The van der Waals surface area contributed by atoms with Crippen molar-refractivity contribution in [3.8, 4) is 28.7 Å². The Kier molecular flexibility index (Phi) is 49.4. The number of hydrogen-bond donors (Lipinski definition) is 9. The zero-order valence-electron chi connectivity index (χ0n) is 78.6. The predicted molar refractivity (Wildman–Crippen MR) is 535 cm³/mol. The molecule has 0 radical (unpaired) electrons. The Morgan fingerprint density at radius 2 is 0.585 bits per heavy atom. The van der Waals surface area contributed by atoms with Crippen molar-refractivity contribution in [2.75, 3.05) is 111 Å². The second kappa shape index (κ2) is 59.1. The van der Waals surface area contributed by atoms with Gasteiger partial charge in [0.2, 0.25) is 0 Å². The van der Waals surface area contributed by atoms with Crippen LogP contribution in [0.5, 0.6) is 28.7 Å². The van der Waals surface area contributed by atoms with Gasteiger partial charge in [-0.1, -0.05) is 210 Å². The maximum Gasteiger partial charge on any atom is 0.320 e. The highest BCUT2D eigenvalue weighted by molar-refractivity contribution is 7.58. The summed E-state index contributed by atoms with van der Waals surface area (Å²) in [6.07, 6.45) is 12.2. The number of nitrogens with one attached hydrogen (secondary N) is 5. The zero-order valence-corrected chi connectivity index (χ0v) is 83.0. The van der Waals surface area contributed by atoms with Crippen molar-refractivity contribution < 1.29 is 118 Å². The quantitative estimate of drug-likeness (QED) is 0.00427. The fourth-order valence-electron chi connectivity index (χ4n) is 12.4. The lowest BCUT2D eigenvalue weighted by Gasteiger charge is -2.21. The van der Waals surface area contributed by atoms with E-state index in [1.807, 2.05) is 194 Å². The third-order valence-electron chi connectivity index (χ3n) is 19.4. The lowest BCUT2D eigenvalue weighted by molar-refractivity contribution is -0.146. The number of aldehydes is 1. The molecule has 5 unspecified atom stereocenters.